The van der Waals surface area contributed by atoms with Gasteiger partial charge in [0, 0.05) is 6.42 Å². The van der Waals surface area contributed by atoms with Crippen LogP contribution in [0.3, 0.4) is 0 Å². The van der Waals surface area contributed by atoms with Crippen molar-refractivity contribution in [3.63, 3.8) is 0 Å². The fraction of sp³-hybridized carbons (Fsp3) is 0.667. The average molecular weight is 857 g/mol. The Morgan fingerprint density at radius 1 is 0.600 bits per heavy atom. The molecule has 0 saturated carbocycles. The van der Waals surface area contributed by atoms with E-state index in [1.165, 1.54) is 44.9 Å². The van der Waals surface area contributed by atoms with Gasteiger partial charge in [-0.05, 0) is 77.0 Å². The lowest BCUT2D eigenvalue weighted by molar-refractivity contribution is -0.870. The molecule has 1 amide bonds. The average Bonchev–Trinajstić information content (AvgIpc) is 3.20. The third-order valence-electron chi connectivity index (χ3n) is 9.84. The lowest BCUT2D eigenvalue weighted by Gasteiger charge is -2.30. The third-order valence-corrected chi connectivity index (χ3v) is 10.8. The van der Waals surface area contributed by atoms with Crippen LogP contribution >= 0.6 is 7.82 Å². The summed E-state index contributed by atoms with van der Waals surface area (Å²) < 4.78 is 22.9. The van der Waals surface area contributed by atoms with Crippen molar-refractivity contribution in [2.24, 2.45) is 0 Å². The van der Waals surface area contributed by atoms with Gasteiger partial charge in [0.2, 0.25) is 5.91 Å². The lowest BCUT2D eigenvalue weighted by atomic mass is 10.0. The number of amides is 1. The van der Waals surface area contributed by atoms with Crippen LogP contribution in [0.5, 0.6) is 0 Å². The van der Waals surface area contributed by atoms with Crippen LogP contribution in [-0.2, 0) is 18.4 Å². The quantitative estimate of drug-likeness (QED) is 0.0274. The second kappa shape index (κ2) is 41.8. The van der Waals surface area contributed by atoms with Crippen molar-refractivity contribution in [1.29, 1.82) is 0 Å². The number of nitrogens with zero attached hydrogens (tertiary/aromatic N) is 1. The number of quaternary nitrogens is 1. The zero-order valence-corrected chi connectivity index (χ0v) is 39.8. The van der Waals surface area contributed by atoms with Crippen LogP contribution in [0.25, 0.3) is 0 Å². The first-order chi connectivity index (χ1) is 29.0. The zero-order valence-electron chi connectivity index (χ0n) is 38.9. The van der Waals surface area contributed by atoms with Crippen LogP contribution in [0, 0.1) is 0 Å². The van der Waals surface area contributed by atoms with E-state index in [0.717, 1.165) is 96.3 Å². The van der Waals surface area contributed by atoms with E-state index in [0.29, 0.717) is 23.9 Å². The van der Waals surface area contributed by atoms with Gasteiger partial charge in [-0.1, -0.05) is 182 Å². The molecule has 60 heavy (non-hydrogen) atoms. The van der Waals surface area contributed by atoms with E-state index < -0.39 is 20.0 Å². The molecule has 9 heteroatoms. The number of phosphoric ester groups is 1. The number of unbranched alkanes of at least 4 members (excludes halogenated alkanes) is 12. The van der Waals surface area contributed by atoms with Gasteiger partial charge in [-0.2, -0.15) is 0 Å². The van der Waals surface area contributed by atoms with Gasteiger partial charge >= 0.3 is 0 Å². The molecular formula is C51H89N2O6P. The molecule has 0 aromatic carbocycles. The van der Waals surface area contributed by atoms with E-state index in [1.807, 2.05) is 21.1 Å². The van der Waals surface area contributed by atoms with E-state index in [-0.39, 0.29) is 19.1 Å². The first kappa shape index (κ1) is 57.4. The molecule has 344 valence electrons. The SMILES string of the molecule is CC/C=C\C/C=C\C/C=C\C/C=C\C/C=C\C/C=C\C/C=C\C/C=C\CCCCCCCCCCCCC(=O)NC(COP(=O)([O-])OCC[N+](C)(C)C)C(O)CCCCC. The number of phosphoric acid groups is 1. The van der Waals surface area contributed by atoms with Gasteiger partial charge in [-0.25, -0.2) is 0 Å². The molecular weight excluding hydrogens is 768 g/mol. The van der Waals surface area contributed by atoms with Crippen molar-refractivity contribution in [2.75, 3.05) is 40.9 Å². The summed E-state index contributed by atoms with van der Waals surface area (Å²) in [5, 5.41) is 13.5. The van der Waals surface area contributed by atoms with Gasteiger partial charge in [0.05, 0.1) is 39.9 Å². The summed E-state index contributed by atoms with van der Waals surface area (Å²) in [5.41, 5.74) is 0. The number of aliphatic hydroxyl groups is 1. The molecule has 3 unspecified atom stereocenters. The van der Waals surface area contributed by atoms with E-state index in [4.69, 9.17) is 9.05 Å². The molecule has 0 aliphatic rings. The molecule has 0 aromatic rings. The Kier molecular flexibility index (Phi) is 40.0. The zero-order chi connectivity index (χ0) is 44.3. The molecule has 0 rings (SSSR count). The second-order valence-electron chi connectivity index (χ2n) is 16.7. The Balaban J connectivity index is 3.88. The minimum atomic E-state index is -4.55. The summed E-state index contributed by atoms with van der Waals surface area (Å²) in [7, 11) is 1.28. The molecule has 0 spiro atoms. The van der Waals surface area contributed by atoms with Crippen molar-refractivity contribution in [2.45, 2.75) is 180 Å². The fourth-order valence-electron chi connectivity index (χ4n) is 6.11. The first-order valence-corrected chi connectivity index (χ1v) is 25.0. The van der Waals surface area contributed by atoms with Gasteiger partial charge in [0.25, 0.3) is 7.82 Å². The highest BCUT2D eigenvalue weighted by atomic mass is 31.2. The molecule has 0 radical (unpaired) electrons. The summed E-state index contributed by atoms with van der Waals surface area (Å²) in [6, 6.07) is -0.804. The lowest BCUT2D eigenvalue weighted by Crippen LogP contribution is -2.46. The molecule has 2 N–H and O–H groups in total. The summed E-state index contributed by atoms with van der Waals surface area (Å²) in [6.07, 6.45) is 59.5. The van der Waals surface area contributed by atoms with Crippen LogP contribution in [-0.4, -0.2) is 68.5 Å². The first-order valence-electron chi connectivity index (χ1n) is 23.6. The molecule has 8 nitrogen and oxygen atoms in total. The monoisotopic (exact) mass is 857 g/mol. The predicted molar refractivity (Wildman–Crippen MR) is 256 cm³/mol. The summed E-state index contributed by atoms with van der Waals surface area (Å²) >= 11 is 0. The van der Waals surface area contributed by atoms with Crippen LogP contribution in [0.2, 0.25) is 0 Å². The number of nitrogens with one attached hydrogen (secondary N) is 1. The van der Waals surface area contributed by atoms with E-state index in [1.54, 1.807) is 0 Å². The highest BCUT2D eigenvalue weighted by Crippen LogP contribution is 2.38. The van der Waals surface area contributed by atoms with Crippen molar-refractivity contribution in [1.82, 2.24) is 5.32 Å². The Morgan fingerprint density at radius 3 is 1.45 bits per heavy atom. The van der Waals surface area contributed by atoms with Crippen molar-refractivity contribution < 1.29 is 32.9 Å². The molecule has 0 bridgehead atoms. The highest BCUT2D eigenvalue weighted by Gasteiger charge is 2.24. The largest absolute Gasteiger partial charge is 0.756 e. The maximum atomic E-state index is 12.7. The smallest absolute Gasteiger partial charge is 0.268 e. The van der Waals surface area contributed by atoms with Crippen LogP contribution in [0.4, 0.5) is 0 Å². The summed E-state index contributed by atoms with van der Waals surface area (Å²) in [5.74, 6) is -0.187. The Morgan fingerprint density at radius 2 is 1.02 bits per heavy atom. The molecule has 3 atom stereocenters. The Hall–Kier alpha value is -2.58. The number of carbonyl (C=O) groups excluding carboxylic acids is 1. The number of rotatable bonds is 41. The van der Waals surface area contributed by atoms with Crippen molar-refractivity contribution in [3.05, 3.63) is 97.2 Å². The summed E-state index contributed by atoms with van der Waals surface area (Å²) in [6.45, 7) is 4.40. The van der Waals surface area contributed by atoms with E-state index in [9.17, 15) is 19.4 Å². The normalized spacial score (nSPS) is 15.1. The van der Waals surface area contributed by atoms with Crippen LogP contribution < -0.4 is 10.2 Å². The molecule has 0 saturated heterocycles. The number of carbonyl (C=O) groups is 1. The van der Waals surface area contributed by atoms with Gasteiger partial charge in [-0.15, -0.1) is 0 Å². The van der Waals surface area contributed by atoms with Crippen LogP contribution in [0.15, 0.2) is 97.2 Å². The molecule has 0 aromatic heterocycles. The van der Waals surface area contributed by atoms with E-state index >= 15 is 0 Å². The molecule has 0 aliphatic carbocycles. The minimum absolute atomic E-state index is 0.00492. The minimum Gasteiger partial charge on any atom is -0.756 e. The van der Waals surface area contributed by atoms with Crippen LogP contribution in [0.1, 0.15) is 168 Å². The molecule has 0 heterocycles. The van der Waals surface area contributed by atoms with Gasteiger partial charge in [0.15, 0.2) is 0 Å². The number of hydrogen-bond acceptors (Lipinski definition) is 6. The highest BCUT2D eigenvalue weighted by molar-refractivity contribution is 7.45. The molecule has 0 fully saturated rings. The predicted octanol–water partition coefficient (Wildman–Crippen LogP) is 12.9. The number of aliphatic hydroxyl groups excluding tert-OH is 1. The number of likely N-dealkylation sites (N-methyl/N-ethyl adjacent to an activating group) is 1. The van der Waals surface area contributed by atoms with Gasteiger partial charge in [-0.3, -0.25) is 9.36 Å². The maximum absolute atomic E-state index is 12.7. The maximum Gasteiger partial charge on any atom is 0.268 e. The molecule has 0 aliphatic heterocycles. The standard InChI is InChI=1S/C51H89N2O6P/c1-6-8-10-11-12-13-14-15-16-17-18-19-20-21-22-23-24-25-26-27-28-29-30-31-32-33-34-35-36-37-38-39-40-41-43-45-51(55)52-49(50(54)44-42-9-7-2)48-59-60(56,57)58-47-46-53(3,4)5/h8,10,12-13,15-16,18-19,21-22,24-25,27-28,30-31,49-50,54H,6-7,9,11,14,17,20,23,26,29,32-48H2,1-5H3,(H-,52,55,56,57)/b10-8-,13-12-,16-15-,19-18-,22-21-,25-24-,28-27-,31-30-. The Bertz CT molecular complexity index is 1290. The summed E-state index contributed by atoms with van der Waals surface area (Å²) in [4.78, 5) is 25.0. The number of allylic oxidation sites excluding steroid dienone is 16. The topological polar surface area (TPSA) is 108 Å². The van der Waals surface area contributed by atoms with E-state index in [2.05, 4.69) is 116 Å². The van der Waals surface area contributed by atoms with Gasteiger partial charge in [0.1, 0.15) is 13.2 Å². The van der Waals surface area contributed by atoms with Crippen molar-refractivity contribution in [3.8, 4) is 0 Å². The fourth-order valence-corrected chi connectivity index (χ4v) is 6.83. The second-order valence-corrected chi connectivity index (χ2v) is 18.1. The third kappa shape index (κ3) is 43.5. The van der Waals surface area contributed by atoms with Gasteiger partial charge < -0.3 is 28.8 Å². The van der Waals surface area contributed by atoms with Crippen molar-refractivity contribution >= 4 is 13.7 Å². The number of hydrogen-bond donors (Lipinski definition) is 2. The Labute approximate surface area is 369 Å².